The van der Waals surface area contributed by atoms with Crippen molar-refractivity contribution < 1.29 is 9.53 Å². The first-order chi connectivity index (χ1) is 8.56. The highest BCUT2D eigenvalue weighted by Gasteiger charge is 2.18. The third-order valence-corrected chi connectivity index (χ3v) is 3.91. The van der Waals surface area contributed by atoms with E-state index in [1.165, 1.54) is 10.4 Å². The Morgan fingerprint density at radius 2 is 2.33 bits per heavy atom. The molecule has 1 heterocycles. The zero-order valence-electron chi connectivity index (χ0n) is 11.3. The molecule has 0 saturated heterocycles. The summed E-state index contributed by atoms with van der Waals surface area (Å²) in [5, 5.41) is 2.04. The molecule has 1 unspecified atom stereocenters. The molecule has 0 aliphatic rings. The fourth-order valence-corrected chi connectivity index (χ4v) is 2.67. The lowest BCUT2D eigenvalue weighted by Crippen LogP contribution is -2.41. The summed E-state index contributed by atoms with van der Waals surface area (Å²) in [6, 6.07) is 1.64. The number of aryl methyl sites for hydroxylation is 1. The van der Waals surface area contributed by atoms with Crippen molar-refractivity contribution in [3.8, 4) is 0 Å². The van der Waals surface area contributed by atoms with Gasteiger partial charge < -0.3 is 15.4 Å². The molecule has 0 spiro atoms. The molecule has 18 heavy (non-hydrogen) atoms. The number of methoxy groups -OCH3 is 1. The monoisotopic (exact) mass is 270 g/mol. The topological polar surface area (TPSA) is 55.6 Å². The van der Waals surface area contributed by atoms with Crippen molar-refractivity contribution >= 4 is 17.2 Å². The van der Waals surface area contributed by atoms with Gasteiger partial charge in [0.15, 0.2) is 0 Å². The minimum atomic E-state index is -0.426. The SMILES string of the molecule is COCCCC(N)C(=O)N(C)Cc1sccc1C. The summed E-state index contributed by atoms with van der Waals surface area (Å²) >= 11 is 1.67. The van der Waals surface area contributed by atoms with Gasteiger partial charge in [-0.15, -0.1) is 11.3 Å². The minimum Gasteiger partial charge on any atom is -0.385 e. The third kappa shape index (κ3) is 4.40. The zero-order chi connectivity index (χ0) is 13.5. The number of amides is 1. The Morgan fingerprint density at radius 1 is 1.61 bits per heavy atom. The van der Waals surface area contributed by atoms with Crippen molar-refractivity contribution in [1.29, 1.82) is 0 Å². The summed E-state index contributed by atoms with van der Waals surface area (Å²) in [7, 11) is 3.46. The Morgan fingerprint density at radius 3 is 2.89 bits per heavy atom. The Bertz CT molecular complexity index is 379. The van der Waals surface area contributed by atoms with E-state index in [0.717, 1.165) is 6.42 Å². The normalized spacial score (nSPS) is 12.4. The largest absolute Gasteiger partial charge is 0.385 e. The molecular formula is C13H22N2O2S. The van der Waals surface area contributed by atoms with E-state index in [0.29, 0.717) is 19.6 Å². The predicted octanol–water partition coefficient (Wildman–Crippen LogP) is 1.77. The molecular weight excluding hydrogens is 248 g/mol. The van der Waals surface area contributed by atoms with Crippen molar-refractivity contribution in [1.82, 2.24) is 4.90 Å². The van der Waals surface area contributed by atoms with Crippen LogP contribution in [-0.4, -0.2) is 37.6 Å². The number of hydrogen-bond donors (Lipinski definition) is 1. The van der Waals surface area contributed by atoms with E-state index >= 15 is 0 Å². The van der Waals surface area contributed by atoms with E-state index < -0.39 is 6.04 Å². The summed E-state index contributed by atoms with van der Waals surface area (Å²) in [5.74, 6) is -0.00102. The predicted molar refractivity (Wildman–Crippen MR) is 74.6 cm³/mol. The van der Waals surface area contributed by atoms with Crippen LogP contribution in [0.15, 0.2) is 11.4 Å². The maximum atomic E-state index is 12.0. The third-order valence-electron chi connectivity index (χ3n) is 2.91. The molecule has 1 rings (SSSR count). The lowest BCUT2D eigenvalue weighted by molar-refractivity contribution is -0.132. The second kappa shape index (κ2) is 7.51. The van der Waals surface area contributed by atoms with Gasteiger partial charge in [-0.3, -0.25) is 4.79 Å². The molecule has 0 saturated carbocycles. The Hall–Kier alpha value is -0.910. The molecule has 0 radical (unpaired) electrons. The van der Waals surface area contributed by atoms with Crippen LogP contribution in [-0.2, 0) is 16.1 Å². The number of nitrogens with zero attached hydrogens (tertiary/aromatic N) is 1. The van der Waals surface area contributed by atoms with Gasteiger partial charge in [0, 0.05) is 25.6 Å². The standard InChI is InChI=1S/C13H22N2O2S/c1-10-6-8-18-12(10)9-15(2)13(16)11(14)5-4-7-17-3/h6,8,11H,4-5,7,9,14H2,1-3H3. The number of nitrogens with two attached hydrogens (primary N) is 1. The highest BCUT2D eigenvalue weighted by molar-refractivity contribution is 7.10. The average molecular weight is 270 g/mol. The van der Waals surface area contributed by atoms with E-state index in [-0.39, 0.29) is 5.91 Å². The summed E-state index contributed by atoms with van der Waals surface area (Å²) in [4.78, 5) is 15.0. The van der Waals surface area contributed by atoms with Crippen LogP contribution in [0.5, 0.6) is 0 Å². The molecule has 0 fully saturated rings. The molecule has 0 aromatic carbocycles. The molecule has 1 amide bonds. The van der Waals surface area contributed by atoms with Gasteiger partial charge in [-0.2, -0.15) is 0 Å². The van der Waals surface area contributed by atoms with Crippen LogP contribution in [0.2, 0.25) is 0 Å². The van der Waals surface area contributed by atoms with Gasteiger partial charge in [0.1, 0.15) is 0 Å². The number of thiophene rings is 1. The number of ether oxygens (including phenoxy) is 1. The highest BCUT2D eigenvalue weighted by atomic mass is 32.1. The van der Waals surface area contributed by atoms with Gasteiger partial charge >= 0.3 is 0 Å². The van der Waals surface area contributed by atoms with Gasteiger partial charge in [-0.05, 0) is 36.8 Å². The van der Waals surface area contributed by atoms with Crippen molar-refractivity contribution in [2.24, 2.45) is 5.73 Å². The summed E-state index contributed by atoms with van der Waals surface area (Å²) in [6.45, 7) is 3.34. The maximum Gasteiger partial charge on any atom is 0.239 e. The minimum absolute atomic E-state index is 0.00102. The van der Waals surface area contributed by atoms with Crippen molar-refractivity contribution in [2.45, 2.75) is 32.4 Å². The first kappa shape index (κ1) is 15.1. The summed E-state index contributed by atoms with van der Waals surface area (Å²) in [6.07, 6.45) is 1.48. The maximum absolute atomic E-state index is 12.0. The quantitative estimate of drug-likeness (QED) is 0.768. The number of carbonyl (C=O) groups excluding carboxylic acids is 1. The van der Waals surface area contributed by atoms with Gasteiger partial charge in [-0.1, -0.05) is 0 Å². The second-order valence-electron chi connectivity index (χ2n) is 4.46. The number of likely N-dealkylation sites (N-methyl/N-ethyl adjacent to an activating group) is 1. The Balaban J connectivity index is 2.43. The van der Waals surface area contributed by atoms with Gasteiger partial charge in [-0.25, -0.2) is 0 Å². The van der Waals surface area contributed by atoms with Crippen LogP contribution in [0.25, 0.3) is 0 Å². The zero-order valence-corrected chi connectivity index (χ0v) is 12.1. The van der Waals surface area contributed by atoms with Crippen LogP contribution in [0, 0.1) is 6.92 Å². The molecule has 4 nitrogen and oxygen atoms in total. The second-order valence-corrected chi connectivity index (χ2v) is 5.46. The van der Waals surface area contributed by atoms with Crippen LogP contribution in [0.3, 0.4) is 0 Å². The number of carbonyl (C=O) groups is 1. The molecule has 102 valence electrons. The summed E-state index contributed by atoms with van der Waals surface area (Å²) < 4.78 is 4.95. The lowest BCUT2D eigenvalue weighted by atomic mass is 10.1. The molecule has 2 N–H and O–H groups in total. The van der Waals surface area contributed by atoms with E-state index in [1.54, 1.807) is 30.4 Å². The fourth-order valence-electron chi connectivity index (χ4n) is 1.71. The Kier molecular flexibility index (Phi) is 6.32. The smallest absolute Gasteiger partial charge is 0.239 e. The van der Waals surface area contributed by atoms with Gasteiger partial charge in [0.25, 0.3) is 0 Å². The molecule has 0 aliphatic carbocycles. The average Bonchev–Trinajstić information content (AvgIpc) is 2.74. The molecule has 1 aromatic heterocycles. The van der Waals surface area contributed by atoms with Crippen LogP contribution >= 0.6 is 11.3 Å². The van der Waals surface area contributed by atoms with Gasteiger partial charge in [0.05, 0.1) is 12.6 Å². The molecule has 1 aromatic rings. The van der Waals surface area contributed by atoms with E-state index in [4.69, 9.17) is 10.5 Å². The van der Waals surface area contributed by atoms with Crippen molar-refractivity contribution in [3.05, 3.63) is 21.9 Å². The molecule has 1 atom stereocenters. The number of hydrogen-bond acceptors (Lipinski definition) is 4. The molecule has 0 bridgehead atoms. The van der Waals surface area contributed by atoms with Crippen molar-refractivity contribution in [3.63, 3.8) is 0 Å². The Labute approximate surface area is 113 Å². The first-order valence-electron chi connectivity index (χ1n) is 6.08. The fraction of sp³-hybridized carbons (Fsp3) is 0.615. The van der Waals surface area contributed by atoms with Gasteiger partial charge in [0.2, 0.25) is 5.91 Å². The lowest BCUT2D eigenvalue weighted by Gasteiger charge is -2.21. The van der Waals surface area contributed by atoms with Crippen LogP contribution in [0.1, 0.15) is 23.3 Å². The number of rotatable bonds is 7. The van der Waals surface area contributed by atoms with Crippen molar-refractivity contribution in [2.75, 3.05) is 20.8 Å². The van der Waals surface area contributed by atoms with Crippen LogP contribution < -0.4 is 5.73 Å². The van der Waals surface area contributed by atoms with E-state index in [2.05, 4.69) is 13.0 Å². The summed E-state index contributed by atoms with van der Waals surface area (Å²) in [5.41, 5.74) is 7.11. The van der Waals surface area contributed by atoms with E-state index in [9.17, 15) is 4.79 Å². The first-order valence-corrected chi connectivity index (χ1v) is 6.96. The molecule has 5 heteroatoms. The van der Waals surface area contributed by atoms with Crippen LogP contribution in [0.4, 0.5) is 0 Å². The van der Waals surface area contributed by atoms with E-state index in [1.807, 2.05) is 5.38 Å². The highest BCUT2D eigenvalue weighted by Crippen LogP contribution is 2.17. The molecule has 0 aliphatic heterocycles.